The predicted octanol–water partition coefficient (Wildman–Crippen LogP) is 4.01. The molecular formula is C24H32N2O3. The van der Waals surface area contributed by atoms with Gasteiger partial charge in [-0.1, -0.05) is 43.3 Å². The van der Waals surface area contributed by atoms with Gasteiger partial charge in [-0.15, -0.1) is 0 Å². The number of rotatable bonds is 9. The van der Waals surface area contributed by atoms with E-state index in [0.717, 1.165) is 23.1 Å². The van der Waals surface area contributed by atoms with Gasteiger partial charge >= 0.3 is 0 Å². The summed E-state index contributed by atoms with van der Waals surface area (Å²) in [6, 6.07) is 15.0. The third kappa shape index (κ3) is 6.93. The monoisotopic (exact) mass is 396 g/mol. The van der Waals surface area contributed by atoms with Gasteiger partial charge in [-0.3, -0.25) is 9.59 Å². The van der Waals surface area contributed by atoms with Gasteiger partial charge in [-0.05, 0) is 62.9 Å². The molecule has 29 heavy (non-hydrogen) atoms. The second kappa shape index (κ2) is 10.6. The van der Waals surface area contributed by atoms with E-state index >= 15 is 0 Å². The summed E-state index contributed by atoms with van der Waals surface area (Å²) >= 11 is 0. The van der Waals surface area contributed by atoms with Gasteiger partial charge < -0.3 is 15.0 Å². The van der Waals surface area contributed by atoms with Gasteiger partial charge in [0, 0.05) is 12.6 Å². The lowest BCUT2D eigenvalue weighted by molar-refractivity contribution is -0.142. The van der Waals surface area contributed by atoms with E-state index in [4.69, 9.17) is 4.74 Å². The summed E-state index contributed by atoms with van der Waals surface area (Å²) < 4.78 is 5.76. The Bertz CT molecular complexity index is 800. The van der Waals surface area contributed by atoms with Crippen LogP contribution in [0.3, 0.4) is 0 Å². The lowest BCUT2D eigenvalue weighted by Crippen LogP contribution is -2.50. The molecule has 0 saturated carbocycles. The van der Waals surface area contributed by atoms with E-state index in [1.807, 2.05) is 70.2 Å². The van der Waals surface area contributed by atoms with Crippen LogP contribution >= 0.6 is 0 Å². The van der Waals surface area contributed by atoms with Gasteiger partial charge in [0.15, 0.2) is 6.61 Å². The summed E-state index contributed by atoms with van der Waals surface area (Å²) in [4.78, 5) is 27.3. The second-order valence-electron chi connectivity index (χ2n) is 7.61. The van der Waals surface area contributed by atoms with E-state index in [1.54, 1.807) is 11.8 Å². The van der Waals surface area contributed by atoms with Gasteiger partial charge in [0.1, 0.15) is 11.8 Å². The number of nitrogens with zero attached hydrogens (tertiary/aromatic N) is 1. The Kier molecular flexibility index (Phi) is 8.25. The quantitative estimate of drug-likeness (QED) is 0.697. The predicted molar refractivity (Wildman–Crippen MR) is 116 cm³/mol. The minimum absolute atomic E-state index is 0.0603. The van der Waals surface area contributed by atoms with Gasteiger partial charge in [-0.2, -0.15) is 0 Å². The largest absolute Gasteiger partial charge is 0.484 e. The maximum absolute atomic E-state index is 13.0. The molecule has 2 aromatic carbocycles. The fraction of sp³-hybridized carbons (Fsp3) is 0.417. The van der Waals surface area contributed by atoms with Crippen LogP contribution in [-0.2, 0) is 16.1 Å². The van der Waals surface area contributed by atoms with Gasteiger partial charge in [0.2, 0.25) is 5.91 Å². The Morgan fingerprint density at radius 1 is 1.03 bits per heavy atom. The molecule has 0 aliphatic heterocycles. The molecule has 0 aliphatic rings. The number of carbonyl (C=O) groups is 2. The first kappa shape index (κ1) is 22.5. The molecule has 5 heteroatoms. The first-order valence-electron chi connectivity index (χ1n) is 10.1. The van der Waals surface area contributed by atoms with Crippen molar-refractivity contribution in [3.63, 3.8) is 0 Å². The maximum Gasteiger partial charge on any atom is 0.261 e. The van der Waals surface area contributed by atoms with Crippen LogP contribution in [-0.4, -0.2) is 35.4 Å². The number of aryl methyl sites for hydroxylation is 2. The van der Waals surface area contributed by atoms with Crippen LogP contribution in [0.4, 0.5) is 0 Å². The number of benzene rings is 2. The van der Waals surface area contributed by atoms with E-state index in [1.165, 1.54) is 0 Å². The van der Waals surface area contributed by atoms with Crippen molar-refractivity contribution >= 4 is 11.8 Å². The third-order valence-electron chi connectivity index (χ3n) is 4.92. The summed E-state index contributed by atoms with van der Waals surface area (Å²) in [7, 11) is 0. The van der Waals surface area contributed by atoms with E-state index in [-0.39, 0.29) is 24.5 Å². The lowest BCUT2D eigenvalue weighted by atomic mass is 10.1. The number of ether oxygens (including phenoxy) is 1. The molecule has 0 bridgehead atoms. The van der Waals surface area contributed by atoms with Crippen LogP contribution < -0.4 is 10.1 Å². The molecule has 2 amide bonds. The van der Waals surface area contributed by atoms with Crippen LogP contribution in [0.2, 0.25) is 0 Å². The van der Waals surface area contributed by atoms with Crippen molar-refractivity contribution in [2.24, 2.45) is 0 Å². The molecule has 0 fully saturated rings. The second-order valence-corrected chi connectivity index (χ2v) is 7.61. The van der Waals surface area contributed by atoms with E-state index in [9.17, 15) is 9.59 Å². The zero-order valence-corrected chi connectivity index (χ0v) is 18.1. The average Bonchev–Trinajstić information content (AvgIpc) is 2.69. The molecule has 0 spiro atoms. The van der Waals surface area contributed by atoms with Gasteiger partial charge in [0.25, 0.3) is 5.91 Å². The molecule has 1 N–H and O–H groups in total. The fourth-order valence-corrected chi connectivity index (χ4v) is 3.07. The van der Waals surface area contributed by atoms with Crippen molar-refractivity contribution in [1.29, 1.82) is 0 Å². The first-order valence-corrected chi connectivity index (χ1v) is 10.1. The van der Waals surface area contributed by atoms with Crippen LogP contribution in [0, 0.1) is 13.8 Å². The summed E-state index contributed by atoms with van der Waals surface area (Å²) in [5.74, 6) is 0.280. The SMILES string of the molecule is CCC(C)NC(=O)C(C)N(Cc1ccccc1)C(=O)COc1cc(C)cc(C)c1. The smallest absolute Gasteiger partial charge is 0.261 e. The molecule has 2 rings (SSSR count). The van der Waals surface area contributed by atoms with E-state index in [2.05, 4.69) is 11.4 Å². The third-order valence-corrected chi connectivity index (χ3v) is 4.92. The minimum atomic E-state index is -0.598. The fourth-order valence-electron chi connectivity index (χ4n) is 3.07. The minimum Gasteiger partial charge on any atom is -0.484 e. The van der Waals surface area contributed by atoms with Crippen molar-refractivity contribution in [1.82, 2.24) is 10.2 Å². The van der Waals surface area contributed by atoms with E-state index in [0.29, 0.717) is 12.3 Å². The zero-order valence-electron chi connectivity index (χ0n) is 18.1. The highest BCUT2D eigenvalue weighted by atomic mass is 16.5. The lowest BCUT2D eigenvalue weighted by Gasteiger charge is -2.29. The van der Waals surface area contributed by atoms with Crippen molar-refractivity contribution < 1.29 is 14.3 Å². The van der Waals surface area contributed by atoms with Crippen LogP contribution in [0.15, 0.2) is 48.5 Å². The Hall–Kier alpha value is -2.82. The molecule has 2 unspecified atom stereocenters. The van der Waals surface area contributed by atoms with Crippen molar-refractivity contribution in [3.05, 3.63) is 65.2 Å². The van der Waals surface area contributed by atoms with Crippen molar-refractivity contribution in [2.75, 3.05) is 6.61 Å². The summed E-state index contributed by atoms with van der Waals surface area (Å²) in [6.45, 7) is 9.95. The number of hydrogen-bond donors (Lipinski definition) is 1. The Labute approximate surface area is 174 Å². The zero-order chi connectivity index (χ0) is 21.4. The van der Waals surface area contributed by atoms with E-state index < -0.39 is 6.04 Å². The number of hydrogen-bond acceptors (Lipinski definition) is 3. The molecule has 2 atom stereocenters. The average molecular weight is 397 g/mol. The molecule has 0 radical (unpaired) electrons. The highest BCUT2D eigenvalue weighted by molar-refractivity contribution is 5.88. The Balaban J connectivity index is 2.14. The van der Waals surface area contributed by atoms with Crippen LogP contribution in [0.1, 0.15) is 43.9 Å². The number of carbonyl (C=O) groups excluding carboxylic acids is 2. The first-order chi connectivity index (χ1) is 13.8. The summed E-state index contributed by atoms with van der Waals surface area (Å²) in [5.41, 5.74) is 3.13. The molecule has 0 heterocycles. The summed E-state index contributed by atoms with van der Waals surface area (Å²) in [6.07, 6.45) is 0.834. The normalized spacial score (nSPS) is 12.7. The van der Waals surface area contributed by atoms with Crippen LogP contribution in [0.25, 0.3) is 0 Å². The highest BCUT2D eigenvalue weighted by Crippen LogP contribution is 2.17. The molecule has 2 aromatic rings. The Morgan fingerprint density at radius 3 is 2.24 bits per heavy atom. The number of amides is 2. The van der Waals surface area contributed by atoms with Crippen LogP contribution in [0.5, 0.6) is 5.75 Å². The molecule has 0 aromatic heterocycles. The molecular weight excluding hydrogens is 364 g/mol. The maximum atomic E-state index is 13.0. The standard InChI is InChI=1S/C24H32N2O3/c1-6-19(4)25-24(28)20(5)26(15-21-10-8-7-9-11-21)23(27)16-29-22-13-17(2)12-18(3)14-22/h7-14,19-20H,6,15-16H2,1-5H3,(H,25,28). The topological polar surface area (TPSA) is 58.6 Å². The van der Waals surface area contributed by atoms with Crippen molar-refractivity contribution in [3.8, 4) is 5.75 Å². The molecule has 0 aliphatic carbocycles. The van der Waals surface area contributed by atoms with Gasteiger partial charge in [0.05, 0.1) is 0 Å². The highest BCUT2D eigenvalue weighted by Gasteiger charge is 2.27. The van der Waals surface area contributed by atoms with Crippen molar-refractivity contribution in [2.45, 2.75) is 59.7 Å². The van der Waals surface area contributed by atoms with Gasteiger partial charge in [-0.25, -0.2) is 0 Å². The Morgan fingerprint density at radius 2 is 1.66 bits per heavy atom. The summed E-state index contributed by atoms with van der Waals surface area (Å²) in [5, 5.41) is 2.97. The molecule has 0 saturated heterocycles. The number of nitrogens with one attached hydrogen (secondary N) is 1. The molecule has 5 nitrogen and oxygen atoms in total. The molecule has 156 valence electrons.